The van der Waals surface area contributed by atoms with Crippen LogP contribution in [0.4, 0.5) is 8.78 Å². The van der Waals surface area contributed by atoms with Crippen molar-refractivity contribution in [1.82, 2.24) is 9.66 Å². The number of fused-ring (bicyclic) bond motifs is 1. The van der Waals surface area contributed by atoms with E-state index in [2.05, 4.69) is 15.0 Å². The molecule has 0 atom stereocenters. The van der Waals surface area contributed by atoms with Gasteiger partial charge in [0.05, 0.1) is 16.3 Å². The van der Waals surface area contributed by atoms with E-state index in [4.69, 9.17) is 12.2 Å². The minimum Gasteiger partial charge on any atom is -0.435 e. The van der Waals surface area contributed by atoms with Crippen molar-refractivity contribution in [3.63, 3.8) is 0 Å². The van der Waals surface area contributed by atoms with Crippen molar-refractivity contribution >= 4 is 23.3 Å². The minimum absolute atomic E-state index is 0.0169. The molecule has 16 heavy (non-hydrogen) atoms. The second-order valence-corrected chi connectivity index (χ2v) is 3.27. The second-order valence-electron chi connectivity index (χ2n) is 2.88. The van der Waals surface area contributed by atoms with E-state index in [1.54, 1.807) is 0 Å². The van der Waals surface area contributed by atoms with Crippen LogP contribution in [0.25, 0.3) is 11.0 Å². The number of hydrogen-bond donors (Lipinski definition) is 1. The summed E-state index contributed by atoms with van der Waals surface area (Å²) < 4.78 is 29.1. The standard InChI is InChI=1S/C8H5F2N3O2S/c9-7(10)15-4-1-2-6-5(3-4)11-8(16)13(6)12-14/h1-3,7H,(H,11,16). The van der Waals surface area contributed by atoms with E-state index in [0.717, 1.165) is 4.68 Å². The molecule has 0 aliphatic heterocycles. The molecule has 0 fully saturated rings. The van der Waals surface area contributed by atoms with Crippen LogP contribution in [0.3, 0.4) is 0 Å². The van der Waals surface area contributed by atoms with Crippen LogP contribution < -0.4 is 4.74 Å². The van der Waals surface area contributed by atoms with Gasteiger partial charge >= 0.3 is 6.61 Å². The van der Waals surface area contributed by atoms with Gasteiger partial charge < -0.3 is 9.72 Å². The largest absolute Gasteiger partial charge is 0.435 e. The molecule has 2 rings (SSSR count). The van der Waals surface area contributed by atoms with Crippen LogP contribution in [0.15, 0.2) is 23.5 Å². The normalized spacial score (nSPS) is 10.9. The van der Waals surface area contributed by atoms with Gasteiger partial charge in [-0.25, -0.2) is 0 Å². The number of H-pyrrole nitrogens is 1. The van der Waals surface area contributed by atoms with Gasteiger partial charge in [-0.05, 0) is 24.4 Å². The molecule has 0 amide bonds. The van der Waals surface area contributed by atoms with Crippen LogP contribution in [0.5, 0.6) is 5.75 Å². The van der Waals surface area contributed by atoms with Crippen molar-refractivity contribution in [2.75, 3.05) is 0 Å². The summed E-state index contributed by atoms with van der Waals surface area (Å²) in [5, 5.41) is 2.69. The van der Waals surface area contributed by atoms with Gasteiger partial charge in [0, 0.05) is 6.07 Å². The first kappa shape index (κ1) is 10.7. The van der Waals surface area contributed by atoms with Crippen LogP contribution in [0.1, 0.15) is 0 Å². The van der Waals surface area contributed by atoms with Gasteiger partial charge in [-0.2, -0.15) is 13.5 Å². The maximum atomic E-state index is 11.9. The third-order valence-electron chi connectivity index (χ3n) is 1.94. The predicted molar refractivity (Wildman–Crippen MR) is 54.9 cm³/mol. The molecule has 0 spiro atoms. The summed E-state index contributed by atoms with van der Waals surface area (Å²) in [5.74, 6) is -0.0169. The maximum absolute atomic E-state index is 11.9. The number of nitrogens with zero attached hydrogens (tertiary/aromatic N) is 2. The molecule has 1 heterocycles. The van der Waals surface area contributed by atoms with Crippen LogP contribution >= 0.6 is 12.2 Å². The SMILES string of the molecule is O=Nn1c(=S)[nH]c2cc(OC(F)F)ccc21. The molecule has 84 valence electrons. The van der Waals surface area contributed by atoms with E-state index in [0.29, 0.717) is 11.0 Å². The van der Waals surface area contributed by atoms with Crippen molar-refractivity contribution in [1.29, 1.82) is 0 Å². The number of halogens is 2. The monoisotopic (exact) mass is 245 g/mol. The molecule has 0 bridgehead atoms. The summed E-state index contributed by atoms with van der Waals surface area (Å²) in [7, 11) is 0. The summed E-state index contributed by atoms with van der Waals surface area (Å²) in [5.41, 5.74) is 0.810. The molecule has 8 heteroatoms. The number of aromatic nitrogens is 2. The molecular formula is C8H5F2N3O2S. The number of benzene rings is 1. The number of alkyl halides is 2. The Morgan fingerprint density at radius 2 is 2.25 bits per heavy atom. The summed E-state index contributed by atoms with van der Waals surface area (Å²) in [4.78, 5) is 13.1. The zero-order valence-electron chi connectivity index (χ0n) is 7.68. The van der Waals surface area contributed by atoms with E-state index in [-0.39, 0.29) is 10.5 Å². The Bertz CT molecular complexity index is 592. The lowest BCUT2D eigenvalue weighted by molar-refractivity contribution is -0.0497. The second kappa shape index (κ2) is 3.97. The van der Waals surface area contributed by atoms with Gasteiger partial charge in [-0.3, -0.25) is 0 Å². The van der Waals surface area contributed by atoms with Crippen molar-refractivity contribution in [3.8, 4) is 5.75 Å². The lowest BCUT2D eigenvalue weighted by atomic mass is 10.3. The third kappa shape index (κ3) is 1.78. The highest BCUT2D eigenvalue weighted by Crippen LogP contribution is 2.21. The van der Waals surface area contributed by atoms with Gasteiger partial charge in [0.25, 0.3) is 0 Å². The van der Waals surface area contributed by atoms with Gasteiger partial charge in [-0.15, -0.1) is 4.91 Å². The van der Waals surface area contributed by atoms with Crippen LogP contribution in [-0.2, 0) is 0 Å². The first-order chi connectivity index (χ1) is 7.61. The van der Waals surface area contributed by atoms with E-state index in [9.17, 15) is 13.7 Å². The summed E-state index contributed by atoms with van der Waals surface area (Å²) in [6.07, 6.45) is 0. The first-order valence-corrected chi connectivity index (χ1v) is 4.56. The average Bonchev–Trinajstić information content (AvgIpc) is 2.51. The number of nitrogens with one attached hydrogen (secondary N) is 1. The van der Waals surface area contributed by atoms with Crippen molar-refractivity contribution in [3.05, 3.63) is 27.9 Å². The molecule has 0 radical (unpaired) electrons. The fourth-order valence-electron chi connectivity index (χ4n) is 1.33. The van der Waals surface area contributed by atoms with E-state index in [1.807, 2.05) is 0 Å². The Hall–Kier alpha value is -1.83. The quantitative estimate of drug-likeness (QED) is 0.668. The topological polar surface area (TPSA) is 59.4 Å². The highest BCUT2D eigenvalue weighted by Gasteiger charge is 2.08. The summed E-state index contributed by atoms with van der Waals surface area (Å²) in [6.45, 7) is -2.90. The van der Waals surface area contributed by atoms with E-state index >= 15 is 0 Å². The Morgan fingerprint density at radius 3 is 2.88 bits per heavy atom. The molecular weight excluding hydrogens is 240 g/mol. The fourth-order valence-corrected chi connectivity index (χ4v) is 1.58. The molecule has 1 aromatic heterocycles. The predicted octanol–water partition coefficient (Wildman–Crippen LogP) is 2.83. The molecule has 0 saturated heterocycles. The minimum atomic E-state index is -2.90. The number of hydrogen-bond acceptors (Lipinski definition) is 4. The van der Waals surface area contributed by atoms with E-state index < -0.39 is 6.61 Å². The zero-order valence-corrected chi connectivity index (χ0v) is 8.50. The number of aromatic amines is 1. The van der Waals surface area contributed by atoms with Gasteiger partial charge in [0.15, 0.2) is 0 Å². The number of imidazole rings is 1. The average molecular weight is 245 g/mol. The number of ether oxygens (including phenoxy) is 1. The zero-order chi connectivity index (χ0) is 11.7. The van der Waals surface area contributed by atoms with Crippen LogP contribution in [-0.4, -0.2) is 16.3 Å². The number of nitroso groups, excluding NO2 is 1. The lowest BCUT2D eigenvalue weighted by Gasteiger charge is -2.03. The highest BCUT2D eigenvalue weighted by molar-refractivity contribution is 7.71. The third-order valence-corrected chi connectivity index (χ3v) is 2.21. The smallest absolute Gasteiger partial charge is 0.387 e. The van der Waals surface area contributed by atoms with E-state index in [1.165, 1.54) is 18.2 Å². The Morgan fingerprint density at radius 1 is 1.50 bits per heavy atom. The maximum Gasteiger partial charge on any atom is 0.387 e. The van der Waals surface area contributed by atoms with Crippen LogP contribution in [0, 0.1) is 9.68 Å². The van der Waals surface area contributed by atoms with Crippen molar-refractivity contribution in [2.45, 2.75) is 6.61 Å². The number of rotatable bonds is 3. The van der Waals surface area contributed by atoms with Crippen molar-refractivity contribution in [2.24, 2.45) is 5.29 Å². The van der Waals surface area contributed by atoms with Gasteiger partial charge in [-0.1, -0.05) is 0 Å². The van der Waals surface area contributed by atoms with Gasteiger partial charge in [0.1, 0.15) is 5.75 Å². The first-order valence-electron chi connectivity index (χ1n) is 4.15. The molecule has 1 N–H and O–H groups in total. The molecule has 2 aromatic rings. The Kier molecular flexibility index (Phi) is 2.65. The molecule has 0 aliphatic rings. The molecule has 0 saturated carbocycles. The molecule has 0 aliphatic carbocycles. The lowest BCUT2D eigenvalue weighted by Crippen LogP contribution is -2.01. The van der Waals surface area contributed by atoms with Gasteiger partial charge in [0.2, 0.25) is 4.77 Å². The Balaban J connectivity index is 2.56. The molecule has 5 nitrogen and oxygen atoms in total. The van der Waals surface area contributed by atoms with Crippen LogP contribution in [0.2, 0.25) is 0 Å². The highest BCUT2D eigenvalue weighted by atomic mass is 32.1. The fraction of sp³-hybridized carbons (Fsp3) is 0.125. The molecule has 1 aromatic carbocycles. The molecule has 0 unspecified atom stereocenters. The summed E-state index contributed by atoms with van der Waals surface area (Å²) in [6, 6.07) is 4.04. The Labute approximate surface area is 92.6 Å². The summed E-state index contributed by atoms with van der Waals surface area (Å²) >= 11 is 4.81. The van der Waals surface area contributed by atoms with Crippen molar-refractivity contribution < 1.29 is 13.5 Å².